The first-order valence-electron chi connectivity index (χ1n) is 4.98. The molecule has 1 atom stereocenters. The molecule has 16 heavy (non-hydrogen) atoms. The van der Waals surface area contributed by atoms with Crippen molar-refractivity contribution in [1.29, 1.82) is 0 Å². The number of halogens is 1. The number of hydrogen-bond acceptors (Lipinski definition) is 3. The van der Waals surface area contributed by atoms with Crippen molar-refractivity contribution in [1.82, 2.24) is 5.43 Å². The zero-order chi connectivity index (χ0) is 11.5. The molecule has 0 bridgehead atoms. The molecule has 0 saturated heterocycles. The lowest BCUT2D eigenvalue weighted by Crippen LogP contribution is -2.28. The second-order valence-corrected chi connectivity index (χ2v) is 4.95. The Bertz CT molecular complexity index is 468. The molecule has 0 fully saturated rings. The van der Waals surface area contributed by atoms with E-state index in [1.54, 1.807) is 11.3 Å². The van der Waals surface area contributed by atoms with Gasteiger partial charge in [-0.25, -0.2) is 5.43 Å². The number of rotatable bonds is 3. The number of hydrazine groups is 1. The zero-order valence-electron chi connectivity index (χ0n) is 8.91. The summed E-state index contributed by atoms with van der Waals surface area (Å²) >= 11 is 7.96. The predicted octanol–water partition coefficient (Wildman–Crippen LogP) is 3.26. The Kier molecular flexibility index (Phi) is 3.61. The fourth-order valence-corrected chi connectivity index (χ4v) is 2.71. The molecule has 1 unspecified atom stereocenters. The predicted molar refractivity (Wildman–Crippen MR) is 69.7 cm³/mol. The van der Waals surface area contributed by atoms with Crippen molar-refractivity contribution < 1.29 is 0 Å². The maximum absolute atomic E-state index is 6.29. The second-order valence-electron chi connectivity index (χ2n) is 3.59. The van der Waals surface area contributed by atoms with Gasteiger partial charge in [0.2, 0.25) is 0 Å². The summed E-state index contributed by atoms with van der Waals surface area (Å²) in [6.07, 6.45) is 0. The summed E-state index contributed by atoms with van der Waals surface area (Å²) in [4.78, 5) is 1.16. The van der Waals surface area contributed by atoms with Gasteiger partial charge in [0.25, 0.3) is 0 Å². The third-order valence-electron chi connectivity index (χ3n) is 2.53. The van der Waals surface area contributed by atoms with Crippen molar-refractivity contribution in [3.05, 3.63) is 56.7 Å². The van der Waals surface area contributed by atoms with Crippen molar-refractivity contribution in [3.8, 4) is 0 Å². The molecule has 2 rings (SSSR count). The van der Waals surface area contributed by atoms with E-state index < -0.39 is 0 Å². The minimum atomic E-state index is -0.0348. The van der Waals surface area contributed by atoms with E-state index in [1.165, 1.54) is 0 Å². The van der Waals surface area contributed by atoms with Crippen molar-refractivity contribution in [2.75, 3.05) is 0 Å². The standard InChI is InChI=1S/C12H13ClN2S/c1-8-4-2-5-9(11(8)13)12(15-14)10-6-3-7-16-10/h2-7,12,15H,14H2,1H3. The normalized spacial score (nSPS) is 12.7. The molecule has 0 spiro atoms. The molecule has 0 amide bonds. The second kappa shape index (κ2) is 4.97. The average molecular weight is 253 g/mol. The van der Waals surface area contributed by atoms with Gasteiger partial charge in [-0.2, -0.15) is 0 Å². The van der Waals surface area contributed by atoms with Gasteiger partial charge in [-0.1, -0.05) is 35.9 Å². The van der Waals surface area contributed by atoms with Gasteiger partial charge in [0.05, 0.1) is 6.04 Å². The lowest BCUT2D eigenvalue weighted by molar-refractivity contribution is 0.646. The van der Waals surface area contributed by atoms with E-state index in [1.807, 2.05) is 42.6 Å². The molecule has 2 aromatic rings. The third-order valence-corrected chi connectivity index (χ3v) is 3.98. The Balaban J connectivity index is 2.45. The van der Waals surface area contributed by atoms with Crippen LogP contribution in [-0.2, 0) is 0 Å². The minimum Gasteiger partial charge on any atom is -0.271 e. The van der Waals surface area contributed by atoms with Gasteiger partial charge in [-0.05, 0) is 29.5 Å². The van der Waals surface area contributed by atoms with Gasteiger partial charge < -0.3 is 0 Å². The highest BCUT2D eigenvalue weighted by Crippen LogP contribution is 2.31. The number of thiophene rings is 1. The Morgan fingerprint density at radius 1 is 1.31 bits per heavy atom. The highest BCUT2D eigenvalue weighted by molar-refractivity contribution is 7.10. The third kappa shape index (κ3) is 2.13. The molecule has 3 N–H and O–H groups in total. The highest BCUT2D eigenvalue weighted by Gasteiger charge is 2.16. The van der Waals surface area contributed by atoms with Crippen molar-refractivity contribution >= 4 is 22.9 Å². The minimum absolute atomic E-state index is 0.0348. The number of hydrogen-bond donors (Lipinski definition) is 2. The Labute approximate surface area is 104 Å². The van der Waals surface area contributed by atoms with Crippen LogP contribution in [0.2, 0.25) is 5.02 Å². The first-order chi connectivity index (χ1) is 7.74. The molecular weight excluding hydrogens is 240 g/mol. The van der Waals surface area contributed by atoms with Crippen LogP contribution >= 0.6 is 22.9 Å². The lowest BCUT2D eigenvalue weighted by Gasteiger charge is -2.17. The van der Waals surface area contributed by atoms with Gasteiger partial charge in [-0.3, -0.25) is 5.84 Å². The largest absolute Gasteiger partial charge is 0.271 e. The Morgan fingerprint density at radius 2 is 2.12 bits per heavy atom. The molecule has 0 aliphatic rings. The van der Waals surface area contributed by atoms with E-state index in [0.717, 1.165) is 21.0 Å². The molecule has 0 aliphatic carbocycles. The Hall–Kier alpha value is -0.870. The summed E-state index contributed by atoms with van der Waals surface area (Å²) in [6, 6.07) is 10.0. The summed E-state index contributed by atoms with van der Waals surface area (Å²) in [7, 11) is 0. The maximum Gasteiger partial charge on any atom is 0.0816 e. The maximum atomic E-state index is 6.29. The number of nitrogens with one attached hydrogen (secondary N) is 1. The molecule has 0 radical (unpaired) electrons. The summed E-state index contributed by atoms with van der Waals surface area (Å²) in [5.41, 5.74) is 4.90. The quantitative estimate of drug-likeness (QED) is 0.650. The van der Waals surface area contributed by atoms with Crippen LogP contribution in [0.5, 0.6) is 0 Å². The van der Waals surface area contributed by atoms with Crippen LogP contribution in [0.25, 0.3) is 0 Å². The van der Waals surface area contributed by atoms with Gasteiger partial charge >= 0.3 is 0 Å². The van der Waals surface area contributed by atoms with Crippen LogP contribution in [0.4, 0.5) is 0 Å². The number of benzene rings is 1. The smallest absolute Gasteiger partial charge is 0.0816 e. The van der Waals surface area contributed by atoms with Crippen molar-refractivity contribution in [3.63, 3.8) is 0 Å². The van der Waals surface area contributed by atoms with Crippen molar-refractivity contribution in [2.45, 2.75) is 13.0 Å². The molecule has 84 valence electrons. The first-order valence-corrected chi connectivity index (χ1v) is 6.24. The van der Waals surface area contributed by atoms with E-state index in [-0.39, 0.29) is 6.04 Å². The number of nitrogens with two attached hydrogens (primary N) is 1. The molecule has 1 aromatic heterocycles. The number of aryl methyl sites for hydroxylation is 1. The van der Waals surface area contributed by atoms with Gasteiger partial charge in [0.1, 0.15) is 0 Å². The molecule has 1 aromatic carbocycles. The van der Waals surface area contributed by atoms with E-state index in [9.17, 15) is 0 Å². The average Bonchev–Trinajstić information content (AvgIpc) is 2.79. The fourth-order valence-electron chi connectivity index (χ4n) is 1.67. The summed E-state index contributed by atoms with van der Waals surface area (Å²) in [6.45, 7) is 1.99. The SMILES string of the molecule is Cc1cccc(C(NN)c2cccs2)c1Cl. The summed E-state index contributed by atoms with van der Waals surface area (Å²) in [5, 5.41) is 2.81. The molecule has 4 heteroatoms. The summed E-state index contributed by atoms with van der Waals surface area (Å²) < 4.78 is 0. The van der Waals surface area contributed by atoms with Crippen LogP contribution in [0.15, 0.2) is 35.7 Å². The molecule has 0 aliphatic heterocycles. The van der Waals surface area contributed by atoms with Crippen LogP contribution in [0.3, 0.4) is 0 Å². The monoisotopic (exact) mass is 252 g/mol. The van der Waals surface area contributed by atoms with Crippen LogP contribution in [0, 0.1) is 6.92 Å². The molecule has 2 nitrogen and oxygen atoms in total. The highest BCUT2D eigenvalue weighted by atomic mass is 35.5. The molecule has 0 saturated carbocycles. The van der Waals surface area contributed by atoms with Gasteiger partial charge in [0.15, 0.2) is 0 Å². The van der Waals surface area contributed by atoms with Crippen molar-refractivity contribution in [2.24, 2.45) is 5.84 Å². The molecule has 1 heterocycles. The Morgan fingerprint density at radius 3 is 2.75 bits per heavy atom. The first kappa shape index (κ1) is 11.6. The summed E-state index contributed by atoms with van der Waals surface area (Å²) in [5.74, 6) is 5.61. The van der Waals surface area contributed by atoms with Crippen LogP contribution < -0.4 is 11.3 Å². The van der Waals surface area contributed by atoms with Gasteiger partial charge in [0, 0.05) is 9.90 Å². The van der Waals surface area contributed by atoms with E-state index in [4.69, 9.17) is 17.4 Å². The van der Waals surface area contributed by atoms with Crippen LogP contribution in [-0.4, -0.2) is 0 Å². The van der Waals surface area contributed by atoms with E-state index in [2.05, 4.69) is 5.43 Å². The lowest BCUT2D eigenvalue weighted by atomic mass is 10.0. The zero-order valence-corrected chi connectivity index (χ0v) is 10.5. The van der Waals surface area contributed by atoms with E-state index >= 15 is 0 Å². The fraction of sp³-hybridized carbons (Fsp3) is 0.167. The van der Waals surface area contributed by atoms with E-state index in [0.29, 0.717) is 0 Å². The molecular formula is C12H13ClN2S. The topological polar surface area (TPSA) is 38.0 Å². The van der Waals surface area contributed by atoms with Crippen LogP contribution in [0.1, 0.15) is 22.0 Å². The van der Waals surface area contributed by atoms with Gasteiger partial charge in [-0.15, -0.1) is 11.3 Å².